The predicted octanol–water partition coefficient (Wildman–Crippen LogP) is 4.53. The number of benzene rings is 1. The van der Waals surface area contributed by atoms with Gasteiger partial charge in [0.1, 0.15) is 0 Å². The fourth-order valence-corrected chi connectivity index (χ4v) is 3.40. The van der Waals surface area contributed by atoms with Crippen LogP contribution in [0.1, 0.15) is 33.0 Å². The van der Waals surface area contributed by atoms with Crippen molar-refractivity contribution in [2.24, 2.45) is 0 Å². The minimum atomic E-state index is -0.576. The van der Waals surface area contributed by atoms with Gasteiger partial charge in [-0.2, -0.15) is 0 Å². The van der Waals surface area contributed by atoms with E-state index in [2.05, 4.69) is 0 Å². The van der Waals surface area contributed by atoms with Crippen LogP contribution in [0.2, 0.25) is 10.0 Å². The number of esters is 1. The summed E-state index contributed by atoms with van der Waals surface area (Å²) in [6.45, 7) is 1.85. The highest BCUT2D eigenvalue weighted by Gasteiger charge is 2.15. The van der Waals surface area contributed by atoms with Crippen molar-refractivity contribution in [3.8, 4) is 0 Å². The van der Waals surface area contributed by atoms with Crippen molar-refractivity contribution in [2.45, 2.75) is 26.3 Å². The van der Waals surface area contributed by atoms with Crippen LogP contribution >= 0.6 is 34.5 Å². The average Bonchev–Trinajstić information content (AvgIpc) is 3.07. The molecular formula is C19H19Cl2NO4S. The van der Waals surface area contributed by atoms with Crippen molar-refractivity contribution >= 4 is 52.2 Å². The van der Waals surface area contributed by atoms with Crippen molar-refractivity contribution in [1.82, 2.24) is 4.90 Å². The second-order valence-electron chi connectivity index (χ2n) is 5.99. The van der Waals surface area contributed by atoms with Gasteiger partial charge in [0.25, 0.3) is 5.91 Å². The largest absolute Gasteiger partial charge is 0.456 e. The fourth-order valence-electron chi connectivity index (χ4n) is 2.25. The molecule has 0 N–H and O–H groups in total. The van der Waals surface area contributed by atoms with Gasteiger partial charge in [-0.05, 0) is 36.8 Å². The molecular weight excluding hydrogens is 409 g/mol. The van der Waals surface area contributed by atoms with Crippen molar-refractivity contribution in [1.29, 1.82) is 0 Å². The fraction of sp³-hybridized carbons (Fsp3) is 0.316. The minimum Gasteiger partial charge on any atom is -0.456 e. The second kappa shape index (κ2) is 9.88. The van der Waals surface area contributed by atoms with Crippen LogP contribution in [-0.4, -0.2) is 36.2 Å². The zero-order valence-electron chi connectivity index (χ0n) is 15.0. The van der Waals surface area contributed by atoms with Gasteiger partial charge >= 0.3 is 5.97 Å². The molecule has 0 fully saturated rings. The van der Waals surface area contributed by atoms with Gasteiger partial charge in [-0.1, -0.05) is 29.3 Å². The Kier molecular flexibility index (Phi) is 7.83. The summed E-state index contributed by atoms with van der Waals surface area (Å²) in [5.41, 5.74) is 0.809. The molecule has 0 radical (unpaired) electrons. The molecule has 0 unspecified atom stereocenters. The number of ketones is 1. The van der Waals surface area contributed by atoms with Crippen LogP contribution in [0.25, 0.3) is 0 Å². The number of amides is 1. The molecule has 1 aromatic heterocycles. The maximum absolute atomic E-state index is 12.1. The number of aryl methyl sites for hydroxylation is 1. The van der Waals surface area contributed by atoms with Crippen LogP contribution in [0.3, 0.4) is 0 Å². The van der Waals surface area contributed by atoms with Crippen molar-refractivity contribution in [3.63, 3.8) is 0 Å². The monoisotopic (exact) mass is 427 g/mol. The van der Waals surface area contributed by atoms with Gasteiger partial charge < -0.3 is 9.64 Å². The van der Waals surface area contributed by atoms with Gasteiger partial charge in [0.05, 0.1) is 21.3 Å². The molecule has 2 rings (SSSR count). The number of carbonyl (C=O) groups is 3. The lowest BCUT2D eigenvalue weighted by molar-refractivity contribution is -0.151. The lowest BCUT2D eigenvalue weighted by Crippen LogP contribution is -2.30. The van der Waals surface area contributed by atoms with E-state index in [1.807, 2.05) is 13.0 Å². The van der Waals surface area contributed by atoms with E-state index < -0.39 is 5.97 Å². The molecule has 0 spiro atoms. The summed E-state index contributed by atoms with van der Waals surface area (Å²) in [5.74, 6) is -1.03. The second-order valence-corrected chi connectivity index (χ2v) is 8.09. The maximum atomic E-state index is 12.1. The van der Waals surface area contributed by atoms with E-state index in [1.54, 1.807) is 31.3 Å². The zero-order valence-corrected chi connectivity index (χ0v) is 17.3. The summed E-state index contributed by atoms with van der Waals surface area (Å²) in [7, 11) is 1.60. The van der Waals surface area contributed by atoms with Crippen LogP contribution in [-0.2, 0) is 20.9 Å². The summed E-state index contributed by atoms with van der Waals surface area (Å²) in [6.07, 6.45) is 0.00561. The van der Waals surface area contributed by atoms with Gasteiger partial charge in [0.15, 0.2) is 12.4 Å². The number of thiophene rings is 1. The Balaban J connectivity index is 1.74. The molecule has 0 saturated carbocycles. The van der Waals surface area contributed by atoms with Crippen LogP contribution in [0, 0.1) is 6.92 Å². The zero-order chi connectivity index (χ0) is 20.0. The van der Waals surface area contributed by atoms with E-state index in [9.17, 15) is 14.4 Å². The molecule has 1 heterocycles. The van der Waals surface area contributed by atoms with Crippen LogP contribution < -0.4 is 0 Å². The summed E-state index contributed by atoms with van der Waals surface area (Å²) in [4.78, 5) is 38.9. The lowest BCUT2D eigenvalue weighted by Gasteiger charge is -2.17. The van der Waals surface area contributed by atoms with Gasteiger partial charge in [0.2, 0.25) is 0 Å². The number of rotatable bonds is 8. The molecule has 1 amide bonds. The Labute approximate surface area is 171 Å². The van der Waals surface area contributed by atoms with E-state index in [1.165, 1.54) is 16.2 Å². The normalized spacial score (nSPS) is 10.5. The lowest BCUT2D eigenvalue weighted by atomic mass is 10.2. The topological polar surface area (TPSA) is 63.7 Å². The molecule has 5 nitrogen and oxygen atoms in total. The van der Waals surface area contributed by atoms with Crippen molar-refractivity contribution in [3.05, 3.63) is 55.7 Å². The molecule has 0 saturated heterocycles. The minimum absolute atomic E-state index is 0.0560. The van der Waals surface area contributed by atoms with Crippen LogP contribution in [0.5, 0.6) is 0 Å². The van der Waals surface area contributed by atoms with E-state index in [4.69, 9.17) is 27.9 Å². The number of likely N-dealkylation sites (N-methyl/N-ethyl adjacent to an activating group) is 1. The molecule has 8 heteroatoms. The number of hydrogen-bond acceptors (Lipinski definition) is 5. The first-order chi connectivity index (χ1) is 12.8. The average molecular weight is 428 g/mol. The third kappa shape index (κ3) is 6.65. The summed E-state index contributed by atoms with van der Waals surface area (Å²) in [5, 5.41) is 0.850. The van der Waals surface area contributed by atoms with Gasteiger partial charge in [-0.3, -0.25) is 14.4 Å². The molecule has 1 aromatic carbocycles. The number of carbonyl (C=O) groups excluding carboxylic acids is 3. The summed E-state index contributed by atoms with van der Waals surface area (Å²) in [6, 6.07) is 8.71. The Hall–Kier alpha value is -1.89. The molecule has 0 aliphatic rings. The Morgan fingerprint density at radius 1 is 1.07 bits per heavy atom. The van der Waals surface area contributed by atoms with Crippen LogP contribution in [0.15, 0.2) is 30.3 Å². The van der Waals surface area contributed by atoms with Crippen LogP contribution in [0.4, 0.5) is 0 Å². The molecule has 0 aliphatic carbocycles. The quantitative estimate of drug-likeness (QED) is 0.458. The Bertz CT molecular complexity index is 850. The maximum Gasteiger partial charge on any atom is 0.306 e. The highest BCUT2D eigenvalue weighted by atomic mass is 35.5. The smallest absolute Gasteiger partial charge is 0.306 e. The number of Topliss-reactive ketones (excluding diaryl/α,β-unsaturated/α-hetero) is 1. The standard InChI is InChI=1S/C19H19Cl2NO4S/c1-12-3-7-17(27-12)16(23)6-8-19(25)26-11-18(24)22(2)10-13-4-5-14(20)15(21)9-13/h3-5,7,9H,6,8,10-11H2,1-2H3. The first-order valence-corrected chi connectivity index (χ1v) is 9.76. The van der Waals surface area contributed by atoms with Crippen molar-refractivity contribution in [2.75, 3.05) is 13.7 Å². The molecule has 0 aliphatic heterocycles. The first kappa shape index (κ1) is 21.4. The molecule has 27 heavy (non-hydrogen) atoms. The SMILES string of the molecule is Cc1ccc(C(=O)CCC(=O)OCC(=O)N(C)Cc2ccc(Cl)c(Cl)c2)s1. The number of halogens is 2. The van der Waals surface area contributed by atoms with E-state index in [0.29, 0.717) is 21.5 Å². The highest BCUT2D eigenvalue weighted by Crippen LogP contribution is 2.23. The Morgan fingerprint density at radius 2 is 1.81 bits per heavy atom. The van der Waals surface area contributed by atoms with Gasteiger partial charge in [0, 0.05) is 24.9 Å². The Morgan fingerprint density at radius 3 is 2.44 bits per heavy atom. The predicted molar refractivity (Wildman–Crippen MR) is 107 cm³/mol. The molecule has 0 atom stereocenters. The third-order valence-electron chi connectivity index (χ3n) is 3.76. The van der Waals surface area contributed by atoms with E-state index in [-0.39, 0.29) is 31.1 Å². The number of hydrogen-bond donors (Lipinski definition) is 0. The van der Waals surface area contributed by atoms with Gasteiger partial charge in [-0.25, -0.2) is 0 Å². The number of nitrogens with zero attached hydrogens (tertiary/aromatic N) is 1. The first-order valence-electron chi connectivity index (χ1n) is 8.19. The molecule has 144 valence electrons. The van der Waals surface area contributed by atoms with Gasteiger partial charge in [-0.15, -0.1) is 11.3 Å². The van der Waals surface area contributed by atoms with E-state index >= 15 is 0 Å². The molecule has 0 bridgehead atoms. The molecule has 2 aromatic rings. The third-order valence-corrected chi connectivity index (χ3v) is 5.54. The highest BCUT2D eigenvalue weighted by molar-refractivity contribution is 7.14. The van der Waals surface area contributed by atoms with E-state index in [0.717, 1.165) is 10.4 Å². The summed E-state index contributed by atoms with van der Waals surface area (Å²) < 4.78 is 4.97. The number of ether oxygens (including phenoxy) is 1. The van der Waals surface area contributed by atoms with Crippen molar-refractivity contribution < 1.29 is 19.1 Å². The summed E-state index contributed by atoms with van der Waals surface area (Å²) >= 11 is 13.2.